The standard InChI is InChI=1S/C27H33FN2O2S3/c1-18(2)32-23-12-15-30(16-13-23)22-10-6-19(7-11-22)25-26(20-4-8-21(28)9-5-20)35-29-24(14-17-33-3)27(31)34-25/h4-11,18,23-24,29H,12-17H2,1-3H3/t24-/m0/s1. The maximum atomic E-state index is 13.6. The van der Waals surface area contributed by atoms with Crippen molar-refractivity contribution >= 4 is 56.1 Å². The van der Waals surface area contributed by atoms with E-state index in [4.69, 9.17) is 4.74 Å². The third-order valence-corrected chi connectivity index (χ3v) is 9.06. The Morgan fingerprint density at radius 2 is 1.69 bits per heavy atom. The molecular formula is C27H33FN2O2S3. The molecule has 1 N–H and O–H groups in total. The Labute approximate surface area is 221 Å². The number of hydrogen-bond acceptors (Lipinski definition) is 7. The largest absolute Gasteiger partial charge is 0.375 e. The number of halogens is 1. The molecule has 2 aromatic rings. The van der Waals surface area contributed by atoms with Gasteiger partial charge in [-0.3, -0.25) is 4.79 Å². The van der Waals surface area contributed by atoms with E-state index in [-0.39, 0.29) is 23.1 Å². The first-order valence-corrected chi connectivity index (χ1v) is 15.1. The summed E-state index contributed by atoms with van der Waals surface area (Å²) in [5, 5.41) is 0.120. The van der Waals surface area contributed by atoms with Gasteiger partial charge in [-0.1, -0.05) is 24.3 Å². The van der Waals surface area contributed by atoms with Crippen LogP contribution in [0.25, 0.3) is 9.81 Å². The highest BCUT2D eigenvalue weighted by molar-refractivity contribution is 8.23. The van der Waals surface area contributed by atoms with Gasteiger partial charge >= 0.3 is 0 Å². The van der Waals surface area contributed by atoms with E-state index in [9.17, 15) is 9.18 Å². The van der Waals surface area contributed by atoms with Gasteiger partial charge in [0.15, 0.2) is 0 Å². The van der Waals surface area contributed by atoms with Gasteiger partial charge in [0.05, 0.1) is 18.2 Å². The van der Waals surface area contributed by atoms with Crippen LogP contribution in [0.4, 0.5) is 10.1 Å². The Morgan fingerprint density at radius 3 is 2.31 bits per heavy atom. The fourth-order valence-electron chi connectivity index (χ4n) is 4.29. The maximum absolute atomic E-state index is 13.6. The molecule has 0 spiro atoms. The summed E-state index contributed by atoms with van der Waals surface area (Å²) in [7, 11) is 0. The number of rotatable bonds is 8. The summed E-state index contributed by atoms with van der Waals surface area (Å²) < 4.78 is 23.0. The van der Waals surface area contributed by atoms with E-state index in [1.165, 1.54) is 41.5 Å². The summed E-state index contributed by atoms with van der Waals surface area (Å²) >= 11 is 4.51. The van der Waals surface area contributed by atoms with Crippen LogP contribution in [-0.4, -0.2) is 48.5 Å². The molecular weight excluding hydrogens is 500 g/mol. The number of thioether (sulfide) groups is 2. The molecule has 1 atom stereocenters. The quantitative estimate of drug-likeness (QED) is 0.381. The SMILES string of the molecule is CSCC[C@@H]1NSC(c2ccc(F)cc2)=C(c2ccc(N3CCC(OC(C)C)CC3)cc2)SC1=O. The second-order valence-corrected chi connectivity index (χ2v) is 11.9. The molecule has 0 amide bonds. The van der Waals surface area contributed by atoms with E-state index in [0.29, 0.717) is 6.10 Å². The Balaban J connectivity index is 1.56. The second kappa shape index (κ2) is 12.7. The van der Waals surface area contributed by atoms with E-state index >= 15 is 0 Å². The average molecular weight is 533 g/mol. The van der Waals surface area contributed by atoms with E-state index in [2.05, 4.69) is 54.0 Å². The van der Waals surface area contributed by atoms with Crippen molar-refractivity contribution in [2.45, 2.75) is 51.4 Å². The molecule has 35 heavy (non-hydrogen) atoms. The minimum Gasteiger partial charge on any atom is -0.375 e. The maximum Gasteiger partial charge on any atom is 0.211 e. The van der Waals surface area contributed by atoms with E-state index in [0.717, 1.165) is 59.0 Å². The molecule has 8 heteroatoms. The Kier molecular flexibility index (Phi) is 9.64. The predicted octanol–water partition coefficient (Wildman–Crippen LogP) is 6.68. The number of hydrogen-bond donors (Lipinski definition) is 1. The molecule has 0 bridgehead atoms. The monoisotopic (exact) mass is 532 g/mol. The van der Waals surface area contributed by atoms with Crippen LogP contribution in [0.2, 0.25) is 0 Å². The number of ether oxygens (including phenoxy) is 1. The van der Waals surface area contributed by atoms with Gasteiger partial charge in [0.25, 0.3) is 0 Å². The molecule has 0 aliphatic carbocycles. The van der Waals surface area contributed by atoms with Crippen molar-refractivity contribution in [1.29, 1.82) is 0 Å². The number of nitrogens with zero attached hydrogens (tertiary/aromatic N) is 1. The molecule has 4 rings (SSSR count). The molecule has 1 saturated heterocycles. The molecule has 0 saturated carbocycles. The van der Waals surface area contributed by atoms with Crippen LogP contribution in [0.1, 0.15) is 44.2 Å². The smallest absolute Gasteiger partial charge is 0.211 e. The van der Waals surface area contributed by atoms with Crippen molar-refractivity contribution < 1.29 is 13.9 Å². The third-order valence-electron chi connectivity index (χ3n) is 6.11. The first-order valence-electron chi connectivity index (χ1n) is 12.1. The molecule has 0 aromatic heterocycles. The lowest BCUT2D eigenvalue weighted by Gasteiger charge is -2.34. The molecule has 2 heterocycles. The van der Waals surface area contributed by atoms with Crippen LogP contribution < -0.4 is 9.62 Å². The van der Waals surface area contributed by atoms with Crippen molar-refractivity contribution in [1.82, 2.24) is 4.72 Å². The van der Waals surface area contributed by atoms with Crippen molar-refractivity contribution in [3.63, 3.8) is 0 Å². The molecule has 2 aliphatic rings. The summed E-state index contributed by atoms with van der Waals surface area (Å²) in [5.41, 5.74) is 3.10. The Hall–Kier alpha value is -1.45. The van der Waals surface area contributed by atoms with Crippen LogP contribution in [-0.2, 0) is 9.53 Å². The first-order chi connectivity index (χ1) is 16.9. The van der Waals surface area contributed by atoms with Gasteiger partial charge in [0.1, 0.15) is 5.82 Å². The zero-order chi connectivity index (χ0) is 24.8. The van der Waals surface area contributed by atoms with E-state index < -0.39 is 0 Å². The highest BCUT2D eigenvalue weighted by atomic mass is 32.2. The first kappa shape index (κ1) is 26.6. The van der Waals surface area contributed by atoms with Crippen LogP contribution >= 0.6 is 35.5 Å². The van der Waals surface area contributed by atoms with Gasteiger partial charge in [0, 0.05) is 28.6 Å². The molecule has 2 aromatic carbocycles. The van der Waals surface area contributed by atoms with Crippen molar-refractivity contribution in [2.24, 2.45) is 0 Å². The molecule has 2 aliphatic heterocycles. The average Bonchev–Trinajstić information content (AvgIpc) is 3.02. The lowest BCUT2D eigenvalue weighted by atomic mass is 10.1. The van der Waals surface area contributed by atoms with Gasteiger partial charge < -0.3 is 9.64 Å². The van der Waals surface area contributed by atoms with Gasteiger partial charge in [-0.2, -0.15) is 11.8 Å². The number of piperidine rings is 1. The number of carbonyl (C=O) groups is 1. The van der Waals surface area contributed by atoms with Gasteiger partial charge in [-0.15, -0.1) is 0 Å². The zero-order valence-electron chi connectivity index (χ0n) is 20.5. The number of nitrogens with one attached hydrogen (secondary N) is 1. The third kappa shape index (κ3) is 7.07. The van der Waals surface area contributed by atoms with Crippen LogP contribution in [0.15, 0.2) is 48.5 Å². The second-order valence-electron chi connectivity index (χ2n) is 9.06. The normalized spacial score (nSPS) is 20.0. The van der Waals surface area contributed by atoms with Gasteiger partial charge in [-0.05, 0) is 104 Å². The summed E-state index contributed by atoms with van der Waals surface area (Å²) in [6, 6.07) is 14.8. The van der Waals surface area contributed by atoms with Gasteiger partial charge in [-0.25, -0.2) is 9.11 Å². The highest BCUT2D eigenvalue weighted by Gasteiger charge is 2.28. The molecule has 1 fully saturated rings. The summed E-state index contributed by atoms with van der Waals surface area (Å²) in [5.74, 6) is 0.648. The van der Waals surface area contributed by atoms with Crippen LogP contribution in [0.3, 0.4) is 0 Å². The Bertz CT molecular complexity index is 1020. The zero-order valence-corrected chi connectivity index (χ0v) is 22.9. The lowest BCUT2D eigenvalue weighted by molar-refractivity contribution is -0.112. The van der Waals surface area contributed by atoms with Gasteiger partial charge in [0.2, 0.25) is 5.12 Å². The molecule has 4 nitrogen and oxygen atoms in total. The summed E-state index contributed by atoms with van der Waals surface area (Å²) in [6.45, 7) is 6.14. The number of anilines is 1. The fraction of sp³-hybridized carbons (Fsp3) is 0.444. The number of carbonyl (C=O) groups excluding carboxylic acids is 1. The lowest BCUT2D eigenvalue weighted by Crippen LogP contribution is -2.37. The highest BCUT2D eigenvalue weighted by Crippen LogP contribution is 2.44. The fourth-order valence-corrected chi connectivity index (χ4v) is 7.03. The summed E-state index contributed by atoms with van der Waals surface area (Å²) in [4.78, 5) is 17.4. The molecule has 0 radical (unpaired) electrons. The topological polar surface area (TPSA) is 41.6 Å². The molecule has 0 unspecified atom stereocenters. The van der Waals surface area contributed by atoms with E-state index in [1.807, 2.05) is 0 Å². The van der Waals surface area contributed by atoms with Crippen molar-refractivity contribution in [3.05, 3.63) is 65.5 Å². The molecule has 188 valence electrons. The predicted molar refractivity (Wildman–Crippen MR) is 151 cm³/mol. The van der Waals surface area contributed by atoms with Crippen molar-refractivity contribution in [3.8, 4) is 0 Å². The van der Waals surface area contributed by atoms with Crippen molar-refractivity contribution in [2.75, 3.05) is 30.0 Å². The number of benzene rings is 2. The Morgan fingerprint density at radius 1 is 1.06 bits per heavy atom. The van der Waals surface area contributed by atoms with Crippen LogP contribution in [0.5, 0.6) is 0 Å². The minimum atomic E-state index is -0.268. The van der Waals surface area contributed by atoms with E-state index in [1.54, 1.807) is 23.9 Å². The minimum absolute atomic E-state index is 0.120. The van der Waals surface area contributed by atoms with Crippen LogP contribution in [0, 0.1) is 5.82 Å². The summed E-state index contributed by atoms with van der Waals surface area (Å²) in [6.07, 6.45) is 5.50.